The van der Waals surface area contributed by atoms with Gasteiger partial charge in [-0.3, -0.25) is 0 Å². The van der Waals surface area contributed by atoms with E-state index in [9.17, 15) is 13.2 Å². The van der Waals surface area contributed by atoms with Gasteiger partial charge >= 0.3 is 6.18 Å². The molecule has 1 heterocycles. The zero-order chi connectivity index (χ0) is 9.35. The van der Waals surface area contributed by atoms with E-state index in [1.165, 1.54) is 5.38 Å². The second kappa shape index (κ2) is 3.02. The predicted molar refractivity (Wildman–Crippen MR) is 37.9 cm³/mol. The van der Waals surface area contributed by atoms with Crippen LogP contribution in [0.3, 0.4) is 0 Å². The molecule has 2 nitrogen and oxygen atoms in total. The van der Waals surface area contributed by atoms with E-state index in [0.717, 1.165) is 11.3 Å². The summed E-state index contributed by atoms with van der Waals surface area (Å²) in [5.74, 6) is 0. The van der Waals surface area contributed by atoms with Crippen LogP contribution in [0.5, 0.6) is 0 Å². The molecule has 0 saturated carbocycles. The molecule has 0 aromatic carbocycles. The van der Waals surface area contributed by atoms with Crippen molar-refractivity contribution in [3.05, 3.63) is 16.1 Å². The predicted octanol–water partition coefficient (Wildman–Crippen LogP) is 2.05. The van der Waals surface area contributed by atoms with Crippen LogP contribution in [0, 0.1) is 6.92 Å². The van der Waals surface area contributed by atoms with Crippen molar-refractivity contribution in [1.82, 2.24) is 4.98 Å². The van der Waals surface area contributed by atoms with Gasteiger partial charge < -0.3 is 5.11 Å². The minimum Gasteiger partial charge on any atom is -0.377 e. The summed E-state index contributed by atoms with van der Waals surface area (Å²) in [5, 5.41) is 9.85. The number of aliphatic hydroxyl groups excluding tert-OH is 1. The van der Waals surface area contributed by atoms with E-state index in [2.05, 4.69) is 4.98 Å². The summed E-state index contributed by atoms with van der Waals surface area (Å²) >= 11 is 0.803. The lowest BCUT2D eigenvalue weighted by molar-refractivity contribution is -0.206. The molecule has 0 radical (unpaired) electrons. The molecule has 12 heavy (non-hydrogen) atoms. The third-order valence-electron chi connectivity index (χ3n) is 1.18. The number of halogens is 3. The van der Waals surface area contributed by atoms with Gasteiger partial charge in [-0.05, 0) is 6.92 Å². The fraction of sp³-hybridized carbons (Fsp3) is 0.500. The summed E-state index contributed by atoms with van der Waals surface area (Å²) < 4.78 is 35.6. The van der Waals surface area contributed by atoms with Crippen molar-refractivity contribution in [1.29, 1.82) is 0 Å². The number of hydrogen-bond acceptors (Lipinski definition) is 3. The Kier molecular flexibility index (Phi) is 2.39. The number of aryl methyl sites for hydroxylation is 1. The Labute approximate surface area is 70.7 Å². The van der Waals surface area contributed by atoms with Gasteiger partial charge in [-0.2, -0.15) is 13.2 Å². The first kappa shape index (κ1) is 9.47. The Morgan fingerprint density at radius 1 is 1.58 bits per heavy atom. The summed E-state index contributed by atoms with van der Waals surface area (Å²) in [6.45, 7) is 1.57. The summed E-state index contributed by atoms with van der Waals surface area (Å²) in [4.78, 5) is 3.53. The maximum Gasteiger partial charge on any atom is 0.420 e. The Bertz CT molecular complexity index is 270. The second-order valence-corrected chi connectivity index (χ2v) is 3.16. The number of nitrogens with zero attached hydrogens (tertiary/aromatic N) is 1. The fourth-order valence-electron chi connectivity index (χ4n) is 0.638. The highest BCUT2D eigenvalue weighted by Gasteiger charge is 2.41. The average molecular weight is 197 g/mol. The molecule has 1 aromatic rings. The lowest BCUT2D eigenvalue weighted by Crippen LogP contribution is -2.19. The molecule has 1 unspecified atom stereocenters. The van der Waals surface area contributed by atoms with E-state index >= 15 is 0 Å². The van der Waals surface area contributed by atoms with Gasteiger partial charge in [0.25, 0.3) is 0 Å². The lowest BCUT2D eigenvalue weighted by Gasteiger charge is -2.10. The van der Waals surface area contributed by atoms with Crippen molar-refractivity contribution in [2.75, 3.05) is 0 Å². The standard InChI is InChI=1S/C6H6F3NOS/c1-3-2-12-5(10-3)4(11)6(7,8)9/h2,4,11H,1H3. The molecule has 0 aliphatic heterocycles. The zero-order valence-corrected chi connectivity index (χ0v) is 6.91. The topological polar surface area (TPSA) is 33.1 Å². The van der Waals surface area contributed by atoms with Crippen LogP contribution in [0.2, 0.25) is 0 Å². The Hall–Kier alpha value is -0.620. The molecule has 0 aliphatic rings. The maximum absolute atomic E-state index is 11.9. The molecule has 0 amide bonds. The summed E-state index contributed by atoms with van der Waals surface area (Å²) in [6.07, 6.45) is -7.07. The number of alkyl halides is 3. The maximum atomic E-state index is 11.9. The molecule has 1 rings (SSSR count). The molecule has 0 fully saturated rings. The van der Waals surface area contributed by atoms with Crippen molar-refractivity contribution in [2.24, 2.45) is 0 Å². The zero-order valence-electron chi connectivity index (χ0n) is 6.09. The third-order valence-corrected chi connectivity index (χ3v) is 2.20. The van der Waals surface area contributed by atoms with Crippen LogP contribution in [0.1, 0.15) is 16.8 Å². The van der Waals surface area contributed by atoms with Crippen LogP contribution in [0.15, 0.2) is 5.38 Å². The Morgan fingerprint density at radius 3 is 2.50 bits per heavy atom. The number of aliphatic hydroxyl groups is 1. The minimum absolute atomic E-state index is 0.306. The van der Waals surface area contributed by atoms with Crippen molar-refractivity contribution >= 4 is 11.3 Å². The van der Waals surface area contributed by atoms with Gasteiger partial charge in [-0.1, -0.05) is 0 Å². The summed E-state index contributed by atoms with van der Waals surface area (Å²) in [6, 6.07) is 0. The molecular formula is C6H6F3NOS. The number of aromatic nitrogens is 1. The van der Waals surface area contributed by atoms with Crippen molar-refractivity contribution < 1.29 is 18.3 Å². The Morgan fingerprint density at radius 2 is 2.17 bits per heavy atom. The SMILES string of the molecule is Cc1csc(C(O)C(F)(F)F)n1. The molecule has 0 saturated heterocycles. The normalized spacial score (nSPS) is 14.8. The quantitative estimate of drug-likeness (QED) is 0.747. The number of hydrogen-bond donors (Lipinski definition) is 1. The lowest BCUT2D eigenvalue weighted by atomic mass is 10.4. The number of thiazole rings is 1. The number of rotatable bonds is 1. The first-order valence-electron chi connectivity index (χ1n) is 3.08. The second-order valence-electron chi connectivity index (χ2n) is 2.27. The van der Waals surface area contributed by atoms with Crippen LogP contribution < -0.4 is 0 Å². The molecule has 1 atom stereocenters. The van der Waals surface area contributed by atoms with Crippen LogP contribution in [-0.2, 0) is 0 Å². The molecule has 0 aliphatic carbocycles. The molecule has 1 N–H and O–H groups in total. The van der Waals surface area contributed by atoms with Gasteiger partial charge in [-0.25, -0.2) is 4.98 Å². The van der Waals surface area contributed by atoms with E-state index < -0.39 is 12.3 Å². The van der Waals surface area contributed by atoms with Crippen LogP contribution in [0.4, 0.5) is 13.2 Å². The molecule has 6 heteroatoms. The van der Waals surface area contributed by atoms with Gasteiger partial charge in [0.05, 0.1) is 0 Å². The van der Waals surface area contributed by atoms with Crippen molar-refractivity contribution in [3.8, 4) is 0 Å². The average Bonchev–Trinajstić information content (AvgIpc) is 2.32. The third kappa shape index (κ3) is 1.95. The van der Waals surface area contributed by atoms with Crippen LogP contribution >= 0.6 is 11.3 Å². The fourth-order valence-corrected chi connectivity index (χ4v) is 1.44. The molecular weight excluding hydrogens is 191 g/mol. The van der Waals surface area contributed by atoms with E-state index in [1.54, 1.807) is 6.92 Å². The summed E-state index contributed by atoms with van der Waals surface area (Å²) in [5.41, 5.74) is 0.485. The highest BCUT2D eigenvalue weighted by molar-refractivity contribution is 7.09. The van der Waals surface area contributed by atoms with E-state index in [4.69, 9.17) is 5.11 Å². The molecule has 0 spiro atoms. The van der Waals surface area contributed by atoms with E-state index in [1.807, 2.05) is 0 Å². The highest BCUT2D eigenvalue weighted by Crippen LogP contribution is 2.33. The largest absolute Gasteiger partial charge is 0.420 e. The van der Waals surface area contributed by atoms with Crippen molar-refractivity contribution in [3.63, 3.8) is 0 Å². The van der Waals surface area contributed by atoms with Gasteiger partial charge in [-0.15, -0.1) is 11.3 Å². The smallest absolute Gasteiger partial charge is 0.377 e. The molecule has 0 bridgehead atoms. The monoisotopic (exact) mass is 197 g/mol. The van der Waals surface area contributed by atoms with Crippen molar-refractivity contribution in [2.45, 2.75) is 19.2 Å². The highest BCUT2D eigenvalue weighted by atomic mass is 32.1. The van der Waals surface area contributed by atoms with Gasteiger partial charge in [0.2, 0.25) is 6.10 Å². The van der Waals surface area contributed by atoms with Crippen LogP contribution in [0.25, 0.3) is 0 Å². The first-order chi connectivity index (χ1) is 5.41. The van der Waals surface area contributed by atoms with E-state index in [0.29, 0.717) is 5.69 Å². The molecule has 1 aromatic heterocycles. The molecule has 68 valence electrons. The van der Waals surface area contributed by atoms with Gasteiger partial charge in [0.1, 0.15) is 5.01 Å². The van der Waals surface area contributed by atoms with E-state index in [-0.39, 0.29) is 5.01 Å². The minimum atomic E-state index is -4.62. The van der Waals surface area contributed by atoms with Crippen LogP contribution in [-0.4, -0.2) is 16.3 Å². The van der Waals surface area contributed by atoms with Gasteiger partial charge in [0, 0.05) is 11.1 Å². The summed E-state index contributed by atoms with van der Waals surface area (Å²) in [7, 11) is 0. The van der Waals surface area contributed by atoms with Gasteiger partial charge in [0.15, 0.2) is 0 Å². The first-order valence-corrected chi connectivity index (χ1v) is 3.96. The Balaban J connectivity index is 2.85.